The third-order valence-electron chi connectivity index (χ3n) is 5.75. The van der Waals surface area contributed by atoms with Gasteiger partial charge in [-0.3, -0.25) is 9.59 Å². The van der Waals surface area contributed by atoms with Crippen LogP contribution in [-0.4, -0.2) is 62.7 Å². The number of rotatable bonds is 10. The van der Waals surface area contributed by atoms with Crippen molar-refractivity contribution in [1.82, 2.24) is 4.90 Å². The third-order valence-corrected chi connectivity index (χ3v) is 5.75. The lowest BCUT2D eigenvalue weighted by Crippen LogP contribution is -2.50. The van der Waals surface area contributed by atoms with Crippen molar-refractivity contribution in [3.63, 3.8) is 0 Å². The molecule has 2 amide bonds. The van der Waals surface area contributed by atoms with E-state index in [1.807, 2.05) is 63.8 Å². The zero-order valence-electron chi connectivity index (χ0n) is 21.4. The minimum Gasteiger partial charge on any atom is -0.490 e. The van der Waals surface area contributed by atoms with E-state index in [2.05, 4.69) is 10.2 Å². The molecular weight excluding hydrogens is 446 g/mol. The number of benzene rings is 2. The molecule has 8 nitrogen and oxygen atoms in total. The lowest BCUT2D eigenvalue weighted by molar-refractivity contribution is -0.134. The van der Waals surface area contributed by atoms with Crippen LogP contribution in [0, 0.1) is 5.92 Å². The number of carbonyl (C=O) groups excluding carboxylic acids is 2. The molecule has 1 heterocycles. The van der Waals surface area contributed by atoms with Crippen LogP contribution >= 0.6 is 0 Å². The highest BCUT2D eigenvalue weighted by Gasteiger charge is 2.25. The average Bonchev–Trinajstić information content (AvgIpc) is 2.86. The molecule has 1 aliphatic rings. The van der Waals surface area contributed by atoms with E-state index in [9.17, 15) is 9.59 Å². The lowest BCUT2D eigenvalue weighted by Gasteiger charge is -2.37. The number of ether oxygens (including phenoxy) is 3. The van der Waals surface area contributed by atoms with E-state index >= 15 is 0 Å². The molecule has 1 aliphatic heterocycles. The molecule has 2 aromatic rings. The number of para-hydroxylation sites is 2. The number of amides is 2. The Morgan fingerprint density at radius 1 is 0.886 bits per heavy atom. The van der Waals surface area contributed by atoms with Gasteiger partial charge in [-0.1, -0.05) is 26.0 Å². The van der Waals surface area contributed by atoms with Crippen molar-refractivity contribution in [2.45, 2.75) is 34.6 Å². The van der Waals surface area contributed by atoms with Crippen molar-refractivity contribution in [1.29, 1.82) is 0 Å². The number of nitrogens with one attached hydrogen (secondary N) is 1. The van der Waals surface area contributed by atoms with Gasteiger partial charge in [-0.25, -0.2) is 0 Å². The van der Waals surface area contributed by atoms with E-state index in [0.29, 0.717) is 74.5 Å². The largest absolute Gasteiger partial charge is 0.490 e. The number of hydrogen-bond donors (Lipinski definition) is 1. The fourth-order valence-corrected chi connectivity index (χ4v) is 4.10. The second-order valence-electron chi connectivity index (χ2n) is 8.54. The molecule has 0 aliphatic carbocycles. The quantitative estimate of drug-likeness (QED) is 0.538. The fraction of sp³-hybridized carbons (Fsp3) is 0.481. The molecule has 1 saturated heterocycles. The highest BCUT2D eigenvalue weighted by Crippen LogP contribution is 2.39. The topological polar surface area (TPSA) is 80.3 Å². The van der Waals surface area contributed by atoms with Crippen LogP contribution in [0.1, 0.15) is 45.0 Å². The Labute approximate surface area is 208 Å². The molecule has 0 aromatic heterocycles. The molecule has 1 N–H and O–H groups in total. The summed E-state index contributed by atoms with van der Waals surface area (Å²) in [6, 6.07) is 11.1. The van der Waals surface area contributed by atoms with Crippen molar-refractivity contribution < 1.29 is 23.8 Å². The summed E-state index contributed by atoms with van der Waals surface area (Å²) in [6.45, 7) is 13.6. The molecule has 0 saturated carbocycles. The minimum absolute atomic E-state index is 0.00889. The third kappa shape index (κ3) is 6.38. The van der Waals surface area contributed by atoms with Gasteiger partial charge < -0.3 is 29.3 Å². The first-order valence-electron chi connectivity index (χ1n) is 12.4. The van der Waals surface area contributed by atoms with Crippen LogP contribution in [0.15, 0.2) is 36.4 Å². The van der Waals surface area contributed by atoms with Crippen molar-refractivity contribution in [2.24, 2.45) is 5.92 Å². The Kier molecular flexibility index (Phi) is 9.23. The van der Waals surface area contributed by atoms with Gasteiger partial charge >= 0.3 is 0 Å². The summed E-state index contributed by atoms with van der Waals surface area (Å²) in [5.41, 5.74) is 2.06. The molecule has 35 heavy (non-hydrogen) atoms. The Morgan fingerprint density at radius 3 is 2.00 bits per heavy atom. The minimum atomic E-state index is -0.268. The predicted octanol–water partition coefficient (Wildman–Crippen LogP) is 4.44. The Bertz CT molecular complexity index is 989. The van der Waals surface area contributed by atoms with E-state index in [4.69, 9.17) is 14.2 Å². The summed E-state index contributed by atoms with van der Waals surface area (Å²) in [4.78, 5) is 29.8. The van der Waals surface area contributed by atoms with E-state index in [1.54, 1.807) is 12.1 Å². The summed E-state index contributed by atoms with van der Waals surface area (Å²) >= 11 is 0. The molecule has 0 spiro atoms. The summed E-state index contributed by atoms with van der Waals surface area (Å²) in [6.07, 6.45) is 0. The van der Waals surface area contributed by atoms with Gasteiger partial charge in [0.05, 0.1) is 31.2 Å². The number of hydrogen-bond acceptors (Lipinski definition) is 6. The first kappa shape index (κ1) is 26.2. The van der Waals surface area contributed by atoms with Gasteiger partial charge in [0.2, 0.25) is 11.7 Å². The van der Waals surface area contributed by atoms with Crippen molar-refractivity contribution in [3.05, 3.63) is 42.0 Å². The monoisotopic (exact) mass is 483 g/mol. The molecule has 0 unspecified atom stereocenters. The lowest BCUT2D eigenvalue weighted by atomic mass is 10.1. The number of piperazine rings is 1. The summed E-state index contributed by atoms with van der Waals surface area (Å²) < 4.78 is 17.3. The SMILES string of the molecule is CCOc1cc(C(=O)Nc2ccccc2N2CCN(C(=O)C(C)C)CC2)cc(OCC)c1OCC. The van der Waals surface area contributed by atoms with E-state index in [-0.39, 0.29) is 17.7 Å². The molecule has 0 atom stereocenters. The molecule has 0 bridgehead atoms. The van der Waals surface area contributed by atoms with E-state index in [0.717, 1.165) is 5.69 Å². The van der Waals surface area contributed by atoms with Gasteiger partial charge in [-0.15, -0.1) is 0 Å². The van der Waals surface area contributed by atoms with E-state index in [1.165, 1.54) is 0 Å². The van der Waals surface area contributed by atoms with Gasteiger partial charge in [0.25, 0.3) is 5.91 Å². The summed E-state index contributed by atoms with van der Waals surface area (Å²) in [5.74, 6) is 1.36. The first-order valence-corrected chi connectivity index (χ1v) is 12.4. The van der Waals surface area contributed by atoms with E-state index < -0.39 is 0 Å². The Balaban J connectivity index is 1.82. The van der Waals surface area contributed by atoms with Crippen LogP contribution in [0.25, 0.3) is 0 Å². The van der Waals surface area contributed by atoms with Crippen molar-refractivity contribution in [2.75, 3.05) is 56.2 Å². The van der Waals surface area contributed by atoms with Crippen molar-refractivity contribution >= 4 is 23.2 Å². The van der Waals surface area contributed by atoms with Gasteiger partial charge in [0.15, 0.2) is 11.5 Å². The van der Waals surface area contributed by atoms with Gasteiger partial charge in [0.1, 0.15) is 0 Å². The Morgan fingerprint density at radius 2 is 1.46 bits per heavy atom. The first-order chi connectivity index (χ1) is 16.9. The molecule has 0 radical (unpaired) electrons. The average molecular weight is 484 g/mol. The van der Waals surface area contributed by atoms with Crippen LogP contribution in [0.2, 0.25) is 0 Å². The smallest absolute Gasteiger partial charge is 0.255 e. The van der Waals surface area contributed by atoms with Gasteiger partial charge in [-0.05, 0) is 45.0 Å². The number of carbonyl (C=O) groups is 2. The second kappa shape index (κ2) is 12.3. The van der Waals surface area contributed by atoms with Crippen LogP contribution in [-0.2, 0) is 4.79 Å². The van der Waals surface area contributed by atoms with Gasteiger partial charge in [-0.2, -0.15) is 0 Å². The zero-order chi connectivity index (χ0) is 25.4. The molecule has 3 rings (SSSR count). The standard InChI is InChI=1S/C27H37N3O5/c1-6-33-23-17-20(18-24(34-7-2)25(23)35-8-3)26(31)28-21-11-9-10-12-22(21)29-13-15-30(16-14-29)27(32)19(4)5/h9-12,17-19H,6-8,13-16H2,1-5H3,(H,28,31). The number of nitrogens with zero attached hydrogens (tertiary/aromatic N) is 2. The van der Waals surface area contributed by atoms with Crippen LogP contribution in [0.4, 0.5) is 11.4 Å². The normalized spacial score (nSPS) is 13.5. The van der Waals surface area contributed by atoms with Crippen molar-refractivity contribution in [3.8, 4) is 17.2 Å². The second-order valence-corrected chi connectivity index (χ2v) is 8.54. The number of anilines is 2. The molecular formula is C27H37N3O5. The predicted molar refractivity (Wildman–Crippen MR) is 138 cm³/mol. The fourth-order valence-electron chi connectivity index (χ4n) is 4.10. The van der Waals surface area contributed by atoms with Crippen LogP contribution in [0.5, 0.6) is 17.2 Å². The Hall–Kier alpha value is -3.42. The maximum absolute atomic E-state index is 13.3. The molecule has 8 heteroatoms. The summed E-state index contributed by atoms with van der Waals surface area (Å²) in [5, 5.41) is 3.05. The molecule has 190 valence electrons. The molecule has 2 aromatic carbocycles. The maximum Gasteiger partial charge on any atom is 0.255 e. The highest BCUT2D eigenvalue weighted by atomic mass is 16.5. The maximum atomic E-state index is 13.3. The van der Waals surface area contributed by atoms with Gasteiger partial charge in [0, 0.05) is 37.7 Å². The zero-order valence-corrected chi connectivity index (χ0v) is 21.4. The van der Waals surface area contributed by atoms with Crippen LogP contribution in [0.3, 0.4) is 0 Å². The highest BCUT2D eigenvalue weighted by molar-refractivity contribution is 6.06. The molecule has 1 fully saturated rings. The summed E-state index contributed by atoms with van der Waals surface area (Å²) in [7, 11) is 0. The van der Waals surface area contributed by atoms with Crippen LogP contribution < -0.4 is 24.4 Å².